The van der Waals surface area contributed by atoms with E-state index >= 15 is 0 Å². The summed E-state index contributed by atoms with van der Waals surface area (Å²) in [5, 5.41) is 5.99. The number of hydrogen-bond acceptors (Lipinski definition) is 6. The number of nitrogens with two attached hydrogens (primary N) is 1. The zero-order valence-corrected chi connectivity index (χ0v) is 17.7. The van der Waals surface area contributed by atoms with Crippen molar-refractivity contribution in [3.05, 3.63) is 52.6 Å². The number of nitrogens with one attached hydrogen (secondary N) is 2. The second-order valence-electron chi connectivity index (χ2n) is 8.91. The highest BCUT2D eigenvalue weighted by Gasteiger charge is 2.53. The van der Waals surface area contributed by atoms with Gasteiger partial charge in [-0.05, 0) is 42.5 Å². The SMILES string of the molecule is C[C@@H]1CNCCN1C(=O)Nc1ccn(-c2ccc(CN3C[C@@H]4C(N)[C@@H]4C3)cc2)c(=O)n1. The van der Waals surface area contributed by atoms with E-state index < -0.39 is 5.69 Å². The Balaban J connectivity index is 1.22. The molecule has 1 aromatic carbocycles. The Bertz CT molecular complexity index is 1010. The van der Waals surface area contributed by atoms with E-state index in [2.05, 4.69) is 20.5 Å². The summed E-state index contributed by atoms with van der Waals surface area (Å²) in [5.74, 6) is 1.62. The molecule has 9 heteroatoms. The van der Waals surface area contributed by atoms with E-state index in [0.29, 0.717) is 24.4 Å². The quantitative estimate of drug-likeness (QED) is 0.659. The summed E-state index contributed by atoms with van der Waals surface area (Å²) in [6.45, 7) is 7.20. The number of carbonyl (C=O) groups excluding carboxylic acids is 1. The first-order valence-electron chi connectivity index (χ1n) is 10.9. The Morgan fingerprint density at radius 1 is 1.23 bits per heavy atom. The van der Waals surface area contributed by atoms with Gasteiger partial charge in [0.05, 0.1) is 5.69 Å². The van der Waals surface area contributed by atoms with Crippen LogP contribution in [0.4, 0.5) is 10.6 Å². The zero-order chi connectivity index (χ0) is 21.5. The first-order chi connectivity index (χ1) is 15.0. The molecule has 3 aliphatic rings. The van der Waals surface area contributed by atoms with Gasteiger partial charge < -0.3 is 16.0 Å². The molecule has 4 N–H and O–H groups in total. The molecule has 1 unspecified atom stereocenters. The average molecular weight is 424 g/mol. The van der Waals surface area contributed by atoms with Gasteiger partial charge in [0.15, 0.2) is 0 Å². The van der Waals surface area contributed by atoms with E-state index in [9.17, 15) is 9.59 Å². The van der Waals surface area contributed by atoms with Gasteiger partial charge in [0.25, 0.3) is 0 Å². The van der Waals surface area contributed by atoms with Gasteiger partial charge in [-0.1, -0.05) is 12.1 Å². The Hall–Kier alpha value is -2.75. The minimum atomic E-state index is -0.424. The maximum atomic E-state index is 12.6. The molecule has 5 rings (SSSR count). The number of fused-ring (bicyclic) bond motifs is 1. The van der Waals surface area contributed by atoms with Gasteiger partial charge in [-0.25, -0.2) is 9.59 Å². The number of hydrogen-bond donors (Lipinski definition) is 3. The molecule has 3 fully saturated rings. The molecule has 0 radical (unpaired) electrons. The molecular weight excluding hydrogens is 394 g/mol. The molecule has 0 bridgehead atoms. The fourth-order valence-electron chi connectivity index (χ4n) is 4.80. The molecule has 4 atom stereocenters. The van der Waals surface area contributed by atoms with E-state index in [4.69, 9.17) is 5.73 Å². The Morgan fingerprint density at radius 3 is 2.65 bits per heavy atom. The topological polar surface area (TPSA) is 109 Å². The summed E-state index contributed by atoms with van der Waals surface area (Å²) in [4.78, 5) is 33.3. The molecule has 2 amide bonds. The van der Waals surface area contributed by atoms with Crippen LogP contribution >= 0.6 is 0 Å². The van der Waals surface area contributed by atoms with E-state index in [1.54, 1.807) is 17.2 Å². The lowest BCUT2D eigenvalue weighted by Crippen LogP contribution is -2.53. The molecular formula is C22H29N7O2. The summed E-state index contributed by atoms with van der Waals surface area (Å²) in [7, 11) is 0. The van der Waals surface area contributed by atoms with Crippen LogP contribution in [0.15, 0.2) is 41.3 Å². The number of likely N-dealkylation sites (tertiary alicyclic amines) is 1. The first-order valence-corrected chi connectivity index (χ1v) is 10.9. The highest BCUT2D eigenvalue weighted by atomic mass is 16.2. The van der Waals surface area contributed by atoms with Crippen molar-refractivity contribution in [2.45, 2.75) is 25.6 Å². The normalized spacial score (nSPS) is 27.7. The van der Waals surface area contributed by atoms with Crippen molar-refractivity contribution in [2.24, 2.45) is 17.6 Å². The molecule has 9 nitrogen and oxygen atoms in total. The van der Waals surface area contributed by atoms with Crippen molar-refractivity contribution in [1.29, 1.82) is 0 Å². The van der Waals surface area contributed by atoms with E-state index in [1.165, 1.54) is 10.1 Å². The zero-order valence-electron chi connectivity index (χ0n) is 17.7. The summed E-state index contributed by atoms with van der Waals surface area (Å²) < 4.78 is 1.48. The lowest BCUT2D eigenvalue weighted by molar-refractivity contribution is 0.177. The van der Waals surface area contributed by atoms with Crippen LogP contribution < -0.4 is 22.1 Å². The van der Waals surface area contributed by atoms with Crippen LogP contribution in [0, 0.1) is 11.8 Å². The van der Waals surface area contributed by atoms with Gasteiger partial charge in [0.2, 0.25) is 0 Å². The van der Waals surface area contributed by atoms with Crippen LogP contribution in [0.2, 0.25) is 0 Å². The monoisotopic (exact) mass is 423 g/mol. The van der Waals surface area contributed by atoms with Crippen LogP contribution in [0.5, 0.6) is 0 Å². The third-order valence-electron chi connectivity index (χ3n) is 6.76. The molecule has 0 spiro atoms. The van der Waals surface area contributed by atoms with Crippen molar-refractivity contribution in [3.8, 4) is 5.69 Å². The van der Waals surface area contributed by atoms with Gasteiger partial charge in [-0.15, -0.1) is 0 Å². The molecule has 2 aromatic rings. The molecule has 1 saturated carbocycles. The number of aromatic nitrogens is 2. The van der Waals surface area contributed by atoms with Crippen LogP contribution in [-0.4, -0.2) is 70.2 Å². The van der Waals surface area contributed by atoms with Crippen molar-refractivity contribution >= 4 is 11.8 Å². The highest BCUT2D eigenvalue weighted by Crippen LogP contribution is 2.44. The lowest BCUT2D eigenvalue weighted by atomic mass is 10.2. The summed E-state index contributed by atoms with van der Waals surface area (Å²) in [6.07, 6.45) is 1.65. The fraction of sp³-hybridized carbons (Fsp3) is 0.500. The maximum absolute atomic E-state index is 12.6. The third kappa shape index (κ3) is 4.08. The smallest absolute Gasteiger partial charge is 0.327 e. The summed E-state index contributed by atoms with van der Waals surface area (Å²) in [5.41, 5.74) is 7.56. The first kappa shape index (κ1) is 20.2. The lowest BCUT2D eigenvalue weighted by Gasteiger charge is -2.33. The summed E-state index contributed by atoms with van der Waals surface area (Å²) in [6, 6.07) is 9.88. The number of carbonyl (C=O) groups is 1. The largest absolute Gasteiger partial charge is 0.354 e. The number of rotatable bonds is 4. The molecule has 3 heterocycles. The van der Waals surface area contributed by atoms with Gasteiger partial charge in [-0.3, -0.25) is 14.8 Å². The van der Waals surface area contributed by atoms with E-state index in [-0.39, 0.29) is 17.9 Å². The number of piperidine rings is 1. The second-order valence-corrected chi connectivity index (χ2v) is 8.91. The van der Waals surface area contributed by atoms with Crippen molar-refractivity contribution < 1.29 is 4.79 Å². The second kappa shape index (κ2) is 8.07. The van der Waals surface area contributed by atoms with Crippen LogP contribution in [0.25, 0.3) is 5.69 Å². The minimum Gasteiger partial charge on any atom is -0.327 e. The van der Waals surface area contributed by atoms with Gasteiger partial charge in [-0.2, -0.15) is 4.98 Å². The van der Waals surface area contributed by atoms with Crippen molar-refractivity contribution in [2.75, 3.05) is 38.0 Å². The number of piperazine rings is 1. The molecule has 1 aromatic heterocycles. The van der Waals surface area contributed by atoms with Crippen LogP contribution in [0.3, 0.4) is 0 Å². The van der Waals surface area contributed by atoms with E-state index in [0.717, 1.165) is 38.4 Å². The predicted molar refractivity (Wildman–Crippen MR) is 118 cm³/mol. The Kier molecular flexibility index (Phi) is 5.25. The molecule has 2 saturated heterocycles. The number of benzene rings is 1. The Morgan fingerprint density at radius 2 is 1.97 bits per heavy atom. The molecule has 31 heavy (non-hydrogen) atoms. The van der Waals surface area contributed by atoms with Crippen molar-refractivity contribution in [1.82, 2.24) is 24.7 Å². The molecule has 164 valence electrons. The number of amides is 2. The highest BCUT2D eigenvalue weighted by molar-refractivity contribution is 5.88. The standard InChI is InChI=1S/C22H29N7O2/c1-14-10-24-7-9-28(14)21(30)25-19-6-8-29(22(31)26-19)16-4-2-15(3-5-16)11-27-12-17-18(13-27)20(17)23/h2-6,8,14,17-18,20,24H,7,9-13,23H2,1H3,(H,25,26,30,31)/t14-,17-,18+,20?/m1/s1. The minimum absolute atomic E-state index is 0.0933. The number of urea groups is 1. The van der Waals surface area contributed by atoms with Crippen LogP contribution in [-0.2, 0) is 6.54 Å². The molecule has 2 aliphatic heterocycles. The predicted octanol–water partition coefficient (Wildman–Crippen LogP) is 0.447. The maximum Gasteiger partial charge on any atom is 0.354 e. The number of anilines is 1. The molecule has 1 aliphatic carbocycles. The Labute approximate surface area is 181 Å². The van der Waals surface area contributed by atoms with E-state index in [1.807, 2.05) is 31.2 Å². The number of nitrogens with zero attached hydrogens (tertiary/aromatic N) is 4. The fourth-order valence-corrected chi connectivity index (χ4v) is 4.80. The average Bonchev–Trinajstić information content (AvgIpc) is 3.16. The third-order valence-corrected chi connectivity index (χ3v) is 6.76. The van der Waals surface area contributed by atoms with Gasteiger partial charge >= 0.3 is 11.7 Å². The van der Waals surface area contributed by atoms with Gasteiger partial charge in [0.1, 0.15) is 5.82 Å². The van der Waals surface area contributed by atoms with Crippen LogP contribution in [0.1, 0.15) is 12.5 Å². The van der Waals surface area contributed by atoms with Crippen molar-refractivity contribution in [3.63, 3.8) is 0 Å². The summed E-state index contributed by atoms with van der Waals surface area (Å²) >= 11 is 0. The van der Waals surface area contributed by atoms with Gasteiger partial charge in [0, 0.05) is 57.5 Å².